The Kier molecular flexibility index (Phi) is 3.33. The number of benzene rings is 2. The molecule has 5 rings (SSSR count). The molecule has 4 aromatic rings. The first-order chi connectivity index (χ1) is 13.3. The van der Waals surface area contributed by atoms with Crippen LogP contribution in [0.1, 0.15) is 42.2 Å². The van der Waals surface area contributed by atoms with Crippen LogP contribution >= 0.6 is 0 Å². The summed E-state index contributed by atoms with van der Waals surface area (Å²) < 4.78 is 2.21. The zero-order valence-electron chi connectivity index (χ0n) is 17.2. The van der Waals surface area contributed by atoms with Crippen molar-refractivity contribution in [2.45, 2.75) is 47.1 Å². The van der Waals surface area contributed by atoms with E-state index in [0.29, 0.717) is 0 Å². The van der Waals surface area contributed by atoms with Gasteiger partial charge in [0, 0.05) is 17.1 Å². The number of rotatable bonds is 1. The highest BCUT2D eigenvalue weighted by Crippen LogP contribution is 2.44. The molecule has 3 heterocycles. The van der Waals surface area contributed by atoms with Crippen LogP contribution < -0.4 is 5.32 Å². The maximum absolute atomic E-state index is 4.47. The van der Waals surface area contributed by atoms with E-state index in [2.05, 4.69) is 90.1 Å². The molecule has 5 heteroatoms. The molecule has 5 nitrogen and oxygen atoms in total. The second-order valence-electron chi connectivity index (χ2n) is 8.45. The van der Waals surface area contributed by atoms with Crippen molar-refractivity contribution in [3.8, 4) is 16.8 Å². The van der Waals surface area contributed by atoms with E-state index < -0.39 is 0 Å². The molecule has 1 aliphatic heterocycles. The lowest BCUT2D eigenvalue weighted by molar-refractivity contribution is 0.534. The van der Waals surface area contributed by atoms with Gasteiger partial charge in [-0.3, -0.25) is 4.57 Å². The van der Waals surface area contributed by atoms with Crippen molar-refractivity contribution >= 4 is 16.6 Å². The van der Waals surface area contributed by atoms with Crippen molar-refractivity contribution < 1.29 is 0 Å². The molecule has 0 amide bonds. The van der Waals surface area contributed by atoms with E-state index in [4.69, 9.17) is 0 Å². The number of aromatic amines is 1. The van der Waals surface area contributed by atoms with Crippen molar-refractivity contribution in [2.24, 2.45) is 0 Å². The van der Waals surface area contributed by atoms with E-state index >= 15 is 0 Å². The topological polar surface area (TPSA) is 58.5 Å². The van der Waals surface area contributed by atoms with Crippen LogP contribution in [0.2, 0.25) is 0 Å². The van der Waals surface area contributed by atoms with Crippen molar-refractivity contribution in [1.82, 2.24) is 19.7 Å². The minimum absolute atomic E-state index is 0.273. The van der Waals surface area contributed by atoms with Crippen LogP contribution in [0.3, 0.4) is 0 Å². The fraction of sp³-hybridized carbons (Fsp3) is 0.304. The molecule has 2 aromatic heterocycles. The van der Waals surface area contributed by atoms with Gasteiger partial charge in [-0.1, -0.05) is 18.2 Å². The highest BCUT2D eigenvalue weighted by atomic mass is 15.3. The third kappa shape index (κ3) is 2.13. The normalized spacial score (nSPS) is 14.6. The fourth-order valence-electron chi connectivity index (χ4n) is 4.70. The zero-order chi connectivity index (χ0) is 19.8. The highest BCUT2D eigenvalue weighted by Gasteiger charge is 2.35. The molecule has 0 radical (unpaired) electrons. The van der Waals surface area contributed by atoms with Crippen molar-refractivity contribution in [3.63, 3.8) is 0 Å². The van der Waals surface area contributed by atoms with Crippen molar-refractivity contribution in [2.75, 3.05) is 5.32 Å². The molecule has 0 unspecified atom stereocenters. The van der Waals surface area contributed by atoms with Crippen LogP contribution in [-0.4, -0.2) is 19.7 Å². The van der Waals surface area contributed by atoms with Gasteiger partial charge in [-0.15, -0.1) is 10.2 Å². The Morgan fingerprint density at radius 3 is 2.57 bits per heavy atom. The van der Waals surface area contributed by atoms with E-state index in [1.54, 1.807) is 0 Å². The number of aromatic nitrogens is 4. The lowest BCUT2D eigenvalue weighted by Crippen LogP contribution is -2.36. The molecule has 0 bridgehead atoms. The summed E-state index contributed by atoms with van der Waals surface area (Å²) in [5, 5.41) is 13.8. The van der Waals surface area contributed by atoms with Crippen molar-refractivity contribution in [1.29, 1.82) is 0 Å². The molecule has 1 aliphatic rings. The average Bonchev–Trinajstić information content (AvgIpc) is 3.19. The first-order valence-corrected chi connectivity index (χ1v) is 9.72. The van der Waals surface area contributed by atoms with Crippen LogP contribution in [0.4, 0.5) is 5.69 Å². The van der Waals surface area contributed by atoms with Gasteiger partial charge in [0.1, 0.15) is 5.82 Å². The summed E-state index contributed by atoms with van der Waals surface area (Å²) in [6.07, 6.45) is 2.09. The number of hydrogen-bond donors (Lipinski definition) is 2. The maximum atomic E-state index is 4.47. The predicted octanol–water partition coefficient (Wildman–Crippen LogP) is 5.31. The van der Waals surface area contributed by atoms with Gasteiger partial charge in [-0.2, -0.15) is 0 Å². The van der Waals surface area contributed by atoms with Crippen LogP contribution in [0.15, 0.2) is 30.5 Å². The third-order valence-corrected chi connectivity index (χ3v) is 5.99. The third-order valence-electron chi connectivity index (χ3n) is 5.99. The van der Waals surface area contributed by atoms with Gasteiger partial charge >= 0.3 is 0 Å². The Morgan fingerprint density at radius 2 is 1.79 bits per heavy atom. The van der Waals surface area contributed by atoms with Gasteiger partial charge in [0.2, 0.25) is 0 Å². The Morgan fingerprint density at radius 1 is 1.00 bits per heavy atom. The second kappa shape index (κ2) is 5.47. The van der Waals surface area contributed by atoms with E-state index in [1.165, 1.54) is 38.7 Å². The first-order valence-electron chi connectivity index (χ1n) is 9.72. The molecule has 0 spiro atoms. The smallest absolute Gasteiger partial charge is 0.162 e. The number of H-pyrrole nitrogens is 1. The summed E-state index contributed by atoms with van der Waals surface area (Å²) in [4.78, 5) is 3.48. The minimum Gasteiger partial charge on any atom is -0.371 e. The number of hydrogen-bond acceptors (Lipinski definition) is 3. The van der Waals surface area contributed by atoms with Gasteiger partial charge in [0.05, 0.1) is 22.4 Å². The van der Waals surface area contributed by atoms with Gasteiger partial charge in [0.25, 0.3) is 0 Å². The summed E-state index contributed by atoms with van der Waals surface area (Å²) in [6, 6.07) is 8.80. The summed E-state index contributed by atoms with van der Waals surface area (Å²) in [5.74, 6) is 1.86. The van der Waals surface area contributed by atoms with E-state index in [9.17, 15) is 0 Å². The van der Waals surface area contributed by atoms with Gasteiger partial charge < -0.3 is 10.3 Å². The molecule has 0 aliphatic carbocycles. The Balaban J connectivity index is 1.86. The maximum Gasteiger partial charge on any atom is 0.162 e. The molecule has 0 saturated heterocycles. The summed E-state index contributed by atoms with van der Waals surface area (Å²) in [7, 11) is 0. The van der Waals surface area contributed by atoms with Gasteiger partial charge in [-0.05, 0) is 69.9 Å². The summed E-state index contributed by atoms with van der Waals surface area (Å²) >= 11 is 0. The molecule has 142 valence electrons. The SMILES string of the molecule is Cc1cc2c(c(C)c1-c1cccc3c(C)c[nH]c13)-n1c(C)nnc1C(C)(C)N2. The number of nitrogens with one attached hydrogen (secondary N) is 2. The standard InChI is InChI=1S/C23H25N5/c1-12-10-18-21(28-15(4)26-27-22(28)23(5,6)25-18)14(3)19(12)17-9-7-8-16-13(2)11-24-20(16)17/h7-11,24-25H,1-6H3. The number of para-hydroxylation sites is 1. The molecular formula is C23H25N5. The molecule has 0 fully saturated rings. The van der Waals surface area contributed by atoms with Crippen LogP contribution in [-0.2, 0) is 5.54 Å². The number of nitrogens with zero attached hydrogens (tertiary/aromatic N) is 3. The zero-order valence-corrected chi connectivity index (χ0v) is 17.2. The molecule has 0 atom stereocenters. The number of anilines is 1. The van der Waals surface area contributed by atoms with E-state index in [0.717, 1.165) is 23.0 Å². The minimum atomic E-state index is -0.273. The molecule has 2 N–H and O–H groups in total. The van der Waals surface area contributed by atoms with E-state index in [1.807, 2.05) is 6.92 Å². The molecule has 0 saturated carbocycles. The second-order valence-corrected chi connectivity index (χ2v) is 8.45. The van der Waals surface area contributed by atoms with Crippen LogP contribution in [0, 0.1) is 27.7 Å². The molecule has 2 aromatic carbocycles. The Labute approximate surface area is 164 Å². The highest BCUT2D eigenvalue weighted by molar-refractivity contribution is 5.98. The van der Waals surface area contributed by atoms with Crippen LogP contribution in [0.25, 0.3) is 27.7 Å². The molecular weight excluding hydrogens is 346 g/mol. The summed E-state index contributed by atoms with van der Waals surface area (Å²) in [6.45, 7) is 12.9. The monoisotopic (exact) mass is 371 g/mol. The van der Waals surface area contributed by atoms with Gasteiger partial charge in [-0.25, -0.2) is 0 Å². The first kappa shape index (κ1) is 17.0. The number of fused-ring (bicyclic) bond motifs is 4. The van der Waals surface area contributed by atoms with E-state index in [-0.39, 0.29) is 5.54 Å². The predicted molar refractivity (Wildman–Crippen MR) is 114 cm³/mol. The fourth-order valence-corrected chi connectivity index (χ4v) is 4.70. The largest absolute Gasteiger partial charge is 0.371 e. The lowest BCUT2D eigenvalue weighted by Gasteiger charge is -2.35. The number of aryl methyl sites for hydroxylation is 3. The van der Waals surface area contributed by atoms with Crippen molar-refractivity contribution in [3.05, 3.63) is 58.8 Å². The summed E-state index contributed by atoms with van der Waals surface area (Å²) in [5.41, 5.74) is 9.47. The Hall–Kier alpha value is -3.08. The lowest BCUT2D eigenvalue weighted by atomic mass is 9.89. The Bertz CT molecular complexity index is 1260. The van der Waals surface area contributed by atoms with Crippen LogP contribution in [0.5, 0.6) is 0 Å². The van der Waals surface area contributed by atoms with Gasteiger partial charge in [0.15, 0.2) is 5.82 Å². The quantitative estimate of drug-likeness (QED) is 0.477. The molecule has 28 heavy (non-hydrogen) atoms. The average molecular weight is 371 g/mol.